The van der Waals surface area contributed by atoms with Crippen LogP contribution in [0.1, 0.15) is 48.0 Å². The molecule has 5 heteroatoms. The third kappa shape index (κ3) is 5.49. The van der Waals surface area contributed by atoms with Crippen LogP contribution in [0.25, 0.3) is 0 Å². The summed E-state index contributed by atoms with van der Waals surface area (Å²) in [4.78, 5) is 22.8. The largest absolute Gasteiger partial charge is 0.481 e. The smallest absolute Gasteiger partial charge is 0.305 e. The summed E-state index contributed by atoms with van der Waals surface area (Å²) in [5.74, 6) is -1.23. The van der Waals surface area contributed by atoms with Gasteiger partial charge in [0.05, 0.1) is 12.5 Å². The van der Waals surface area contributed by atoms with Gasteiger partial charge in [-0.15, -0.1) is 0 Å². The molecule has 5 nitrogen and oxygen atoms in total. The Morgan fingerprint density at radius 3 is 1.83 bits per heavy atom. The number of amides is 1. The van der Waals surface area contributed by atoms with E-state index in [0.29, 0.717) is 0 Å². The third-order valence-corrected chi connectivity index (χ3v) is 2.96. The molecule has 0 aliphatic rings. The number of hydrogen-bond acceptors (Lipinski definition) is 3. The molecule has 4 N–H and O–H groups in total. The van der Waals surface area contributed by atoms with E-state index in [-0.39, 0.29) is 23.2 Å². The highest BCUT2D eigenvalue weighted by atomic mass is 16.4. The molecule has 0 aromatic rings. The summed E-state index contributed by atoms with van der Waals surface area (Å²) in [7, 11) is 0. The number of hydrogen-bond donors (Lipinski definition) is 3. The average Bonchev–Trinajstić information content (AvgIpc) is 2.11. The van der Waals surface area contributed by atoms with Crippen molar-refractivity contribution in [2.24, 2.45) is 16.6 Å². The zero-order chi connectivity index (χ0) is 14.7. The fourth-order valence-electron chi connectivity index (χ4n) is 1.40. The molecular weight excluding hydrogens is 232 g/mol. The highest BCUT2D eigenvalue weighted by Crippen LogP contribution is 2.23. The lowest BCUT2D eigenvalue weighted by Gasteiger charge is -2.33. The van der Waals surface area contributed by atoms with Crippen LogP contribution >= 0.6 is 0 Å². The van der Waals surface area contributed by atoms with E-state index in [1.54, 1.807) is 0 Å². The molecule has 106 valence electrons. The monoisotopic (exact) mass is 258 g/mol. The van der Waals surface area contributed by atoms with Crippen molar-refractivity contribution >= 4 is 11.9 Å². The molecule has 2 atom stereocenters. The van der Waals surface area contributed by atoms with Crippen molar-refractivity contribution in [3.63, 3.8) is 0 Å². The van der Waals surface area contributed by atoms with Crippen LogP contribution in [-0.2, 0) is 9.59 Å². The van der Waals surface area contributed by atoms with Gasteiger partial charge in [0.2, 0.25) is 5.91 Å². The second-order valence-electron chi connectivity index (χ2n) is 6.87. The Balaban J connectivity index is 4.80. The Kier molecular flexibility index (Phi) is 5.35. The molecule has 0 radical (unpaired) electrons. The zero-order valence-corrected chi connectivity index (χ0v) is 12.2. The molecular formula is C13H26N2O3. The first-order chi connectivity index (χ1) is 7.85. The van der Waals surface area contributed by atoms with Gasteiger partial charge in [-0.1, -0.05) is 41.5 Å². The van der Waals surface area contributed by atoms with Crippen LogP contribution in [-0.4, -0.2) is 29.1 Å². The summed E-state index contributed by atoms with van der Waals surface area (Å²) in [5.41, 5.74) is 5.18. The van der Waals surface area contributed by atoms with Gasteiger partial charge in [-0.05, 0) is 10.8 Å². The van der Waals surface area contributed by atoms with Crippen molar-refractivity contribution in [1.82, 2.24) is 5.32 Å². The molecule has 0 aromatic carbocycles. The molecule has 0 rings (SSSR count). The Hall–Kier alpha value is -1.10. The van der Waals surface area contributed by atoms with Gasteiger partial charge in [0.1, 0.15) is 0 Å². The van der Waals surface area contributed by atoms with Gasteiger partial charge in [-0.3, -0.25) is 9.59 Å². The fraction of sp³-hybridized carbons (Fsp3) is 0.846. The highest BCUT2D eigenvalue weighted by Gasteiger charge is 2.33. The van der Waals surface area contributed by atoms with Crippen molar-refractivity contribution in [2.75, 3.05) is 0 Å². The average molecular weight is 258 g/mol. The van der Waals surface area contributed by atoms with E-state index in [2.05, 4.69) is 5.32 Å². The fourth-order valence-corrected chi connectivity index (χ4v) is 1.40. The van der Waals surface area contributed by atoms with Gasteiger partial charge in [0, 0.05) is 6.04 Å². The van der Waals surface area contributed by atoms with Crippen LogP contribution in [0.3, 0.4) is 0 Å². The van der Waals surface area contributed by atoms with Crippen LogP contribution in [0.15, 0.2) is 0 Å². The second-order valence-corrected chi connectivity index (χ2v) is 6.87. The van der Waals surface area contributed by atoms with Crippen molar-refractivity contribution in [3.8, 4) is 0 Å². The first-order valence-electron chi connectivity index (χ1n) is 6.13. The Morgan fingerprint density at radius 1 is 1.11 bits per heavy atom. The predicted molar refractivity (Wildman–Crippen MR) is 71.1 cm³/mol. The summed E-state index contributed by atoms with van der Waals surface area (Å²) < 4.78 is 0. The van der Waals surface area contributed by atoms with Crippen LogP contribution in [0.5, 0.6) is 0 Å². The van der Waals surface area contributed by atoms with Crippen molar-refractivity contribution in [2.45, 2.75) is 60.0 Å². The SMILES string of the molecule is CC(C)(C)C(CC(=O)O)NC(=O)[C@@H](N)C(C)(C)C. The molecule has 0 fully saturated rings. The number of nitrogens with one attached hydrogen (secondary N) is 1. The Bertz CT molecular complexity index is 313. The molecule has 0 aliphatic carbocycles. The lowest BCUT2D eigenvalue weighted by molar-refractivity contribution is -0.138. The minimum Gasteiger partial charge on any atom is -0.481 e. The number of rotatable bonds is 4. The number of carbonyl (C=O) groups is 2. The Labute approximate surface area is 109 Å². The van der Waals surface area contributed by atoms with Crippen LogP contribution in [0.4, 0.5) is 0 Å². The zero-order valence-electron chi connectivity index (χ0n) is 12.2. The number of carbonyl (C=O) groups excluding carboxylic acids is 1. The van der Waals surface area contributed by atoms with Gasteiger partial charge < -0.3 is 16.2 Å². The summed E-state index contributed by atoms with van der Waals surface area (Å²) >= 11 is 0. The number of aliphatic carboxylic acids is 1. The minimum atomic E-state index is -0.931. The molecule has 1 unspecified atom stereocenters. The van der Waals surface area contributed by atoms with Crippen molar-refractivity contribution in [1.29, 1.82) is 0 Å². The van der Waals surface area contributed by atoms with Crippen molar-refractivity contribution < 1.29 is 14.7 Å². The van der Waals surface area contributed by atoms with E-state index in [9.17, 15) is 9.59 Å². The standard InChI is InChI=1S/C13H26N2O3/c1-12(2,3)8(7-9(16)17)15-11(18)10(14)13(4,5)6/h8,10H,7,14H2,1-6H3,(H,15,18)(H,16,17)/t8?,10-/m1/s1. The molecule has 0 aliphatic heterocycles. The highest BCUT2D eigenvalue weighted by molar-refractivity contribution is 5.83. The molecule has 0 heterocycles. The lowest BCUT2D eigenvalue weighted by atomic mass is 9.83. The second kappa shape index (κ2) is 5.69. The molecule has 0 saturated heterocycles. The van der Waals surface area contributed by atoms with E-state index in [1.165, 1.54) is 0 Å². The normalized spacial score (nSPS) is 15.9. The molecule has 0 bridgehead atoms. The Morgan fingerprint density at radius 2 is 1.56 bits per heavy atom. The summed E-state index contributed by atoms with van der Waals surface area (Å²) in [5, 5.41) is 11.6. The first-order valence-corrected chi connectivity index (χ1v) is 6.13. The van der Waals surface area contributed by atoms with Gasteiger partial charge in [0.15, 0.2) is 0 Å². The van der Waals surface area contributed by atoms with E-state index in [0.717, 1.165) is 0 Å². The molecule has 1 amide bonds. The molecule has 18 heavy (non-hydrogen) atoms. The van der Waals surface area contributed by atoms with E-state index >= 15 is 0 Å². The summed E-state index contributed by atoms with van der Waals surface area (Å²) in [6, 6.07) is -1.09. The lowest BCUT2D eigenvalue weighted by Crippen LogP contribution is -2.54. The number of carboxylic acid groups (broad SMARTS) is 1. The van der Waals surface area contributed by atoms with E-state index in [4.69, 9.17) is 10.8 Å². The first kappa shape index (κ1) is 16.9. The van der Waals surface area contributed by atoms with Crippen LogP contribution < -0.4 is 11.1 Å². The minimum absolute atomic E-state index is 0.105. The van der Waals surface area contributed by atoms with Gasteiger partial charge in [-0.25, -0.2) is 0 Å². The quantitative estimate of drug-likeness (QED) is 0.710. The number of carboxylic acids is 1. The summed E-state index contributed by atoms with van der Waals surface area (Å²) in [6.45, 7) is 11.3. The maximum atomic E-state index is 12.0. The third-order valence-electron chi connectivity index (χ3n) is 2.96. The van der Waals surface area contributed by atoms with Crippen LogP contribution in [0.2, 0.25) is 0 Å². The van der Waals surface area contributed by atoms with Gasteiger partial charge in [0.25, 0.3) is 0 Å². The number of nitrogens with two attached hydrogens (primary N) is 1. The van der Waals surface area contributed by atoms with Crippen LogP contribution in [0, 0.1) is 10.8 Å². The molecule has 0 saturated carbocycles. The van der Waals surface area contributed by atoms with Gasteiger partial charge in [-0.2, -0.15) is 0 Å². The van der Waals surface area contributed by atoms with E-state index in [1.807, 2.05) is 41.5 Å². The molecule has 0 spiro atoms. The summed E-state index contributed by atoms with van der Waals surface area (Å²) in [6.07, 6.45) is -0.105. The maximum Gasteiger partial charge on any atom is 0.305 e. The topological polar surface area (TPSA) is 92.4 Å². The van der Waals surface area contributed by atoms with Gasteiger partial charge >= 0.3 is 5.97 Å². The predicted octanol–water partition coefficient (Wildman–Crippen LogP) is 1.37. The van der Waals surface area contributed by atoms with E-state index < -0.39 is 18.1 Å². The maximum absolute atomic E-state index is 12.0. The molecule has 0 aromatic heterocycles. The van der Waals surface area contributed by atoms with Crippen molar-refractivity contribution in [3.05, 3.63) is 0 Å².